The van der Waals surface area contributed by atoms with Gasteiger partial charge < -0.3 is 10.5 Å². The van der Waals surface area contributed by atoms with E-state index in [0.717, 1.165) is 22.8 Å². The maximum Gasteiger partial charge on any atom is 0.164 e. The summed E-state index contributed by atoms with van der Waals surface area (Å²) >= 11 is 0. The van der Waals surface area contributed by atoms with Crippen molar-refractivity contribution in [3.05, 3.63) is 35.9 Å². The summed E-state index contributed by atoms with van der Waals surface area (Å²) in [4.78, 5) is 4.07. The lowest BCUT2D eigenvalue weighted by Gasteiger charge is -2.07. The van der Waals surface area contributed by atoms with Gasteiger partial charge in [-0.2, -0.15) is 5.10 Å². The second-order valence-electron chi connectivity index (χ2n) is 3.61. The number of ether oxygens (including phenoxy) is 1. The van der Waals surface area contributed by atoms with Gasteiger partial charge in [-0.3, -0.25) is 4.68 Å². The normalized spacial score (nSPS) is 10.4. The van der Waals surface area contributed by atoms with Gasteiger partial charge in [0.15, 0.2) is 5.82 Å². The van der Waals surface area contributed by atoms with Crippen LogP contribution in [0.4, 0.5) is 5.69 Å². The van der Waals surface area contributed by atoms with Gasteiger partial charge in [-0.15, -0.1) is 0 Å². The highest BCUT2D eigenvalue weighted by Gasteiger charge is 2.02. The summed E-state index contributed by atoms with van der Waals surface area (Å²) in [5.74, 6) is 1.57. The molecule has 2 rings (SSSR count). The van der Waals surface area contributed by atoms with Crippen molar-refractivity contribution in [1.82, 2.24) is 14.8 Å². The van der Waals surface area contributed by atoms with Crippen LogP contribution in [0.1, 0.15) is 11.4 Å². The Kier molecular flexibility index (Phi) is 2.76. The number of hydrogen-bond donors (Lipinski definition) is 1. The van der Waals surface area contributed by atoms with Crippen molar-refractivity contribution >= 4 is 5.69 Å². The maximum atomic E-state index is 5.72. The van der Waals surface area contributed by atoms with E-state index in [0.29, 0.717) is 6.61 Å². The fraction of sp³-hybridized carbons (Fsp3) is 0.273. The molecule has 0 aliphatic carbocycles. The first-order valence-corrected chi connectivity index (χ1v) is 4.98. The van der Waals surface area contributed by atoms with Crippen LogP contribution in [-0.2, 0) is 13.7 Å². The van der Waals surface area contributed by atoms with E-state index >= 15 is 0 Å². The molecule has 0 atom stereocenters. The van der Waals surface area contributed by atoms with Crippen molar-refractivity contribution < 1.29 is 4.74 Å². The summed E-state index contributed by atoms with van der Waals surface area (Å²) in [6.45, 7) is 2.35. The lowest BCUT2D eigenvalue weighted by Crippen LogP contribution is -2.04. The van der Waals surface area contributed by atoms with Crippen molar-refractivity contribution in [2.24, 2.45) is 7.05 Å². The summed E-state index contributed by atoms with van der Waals surface area (Å²) in [5.41, 5.74) is 7.50. The van der Waals surface area contributed by atoms with E-state index in [4.69, 9.17) is 10.5 Å². The zero-order valence-corrected chi connectivity index (χ0v) is 9.34. The van der Waals surface area contributed by atoms with Crippen molar-refractivity contribution in [1.29, 1.82) is 0 Å². The van der Waals surface area contributed by atoms with Gasteiger partial charge >= 0.3 is 0 Å². The lowest BCUT2D eigenvalue weighted by atomic mass is 10.2. The molecular formula is C11H14N4O. The Morgan fingerprint density at radius 2 is 2.25 bits per heavy atom. The van der Waals surface area contributed by atoms with Crippen molar-refractivity contribution in [2.75, 3.05) is 5.73 Å². The van der Waals surface area contributed by atoms with E-state index in [1.807, 2.05) is 32.2 Å². The van der Waals surface area contributed by atoms with Gasteiger partial charge in [-0.1, -0.05) is 0 Å². The highest BCUT2D eigenvalue weighted by molar-refractivity contribution is 5.49. The zero-order valence-electron chi connectivity index (χ0n) is 9.34. The fourth-order valence-electron chi connectivity index (χ4n) is 1.34. The standard InChI is InChI=1S/C11H14N4O/c1-8-5-9(3-4-10(8)12)16-6-11-13-7-14-15(11)2/h3-5,7H,6,12H2,1-2H3. The number of rotatable bonds is 3. The van der Waals surface area contributed by atoms with E-state index in [2.05, 4.69) is 10.1 Å². The van der Waals surface area contributed by atoms with Crippen LogP contribution in [0.3, 0.4) is 0 Å². The smallest absolute Gasteiger partial charge is 0.164 e. The number of nitrogen functional groups attached to an aromatic ring is 1. The van der Waals surface area contributed by atoms with Crippen LogP contribution < -0.4 is 10.5 Å². The first-order valence-electron chi connectivity index (χ1n) is 4.98. The van der Waals surface area contributed by atoms with Crippen molar-refractivity contribution in [2.45, 2.75) is 13.5 Å². The Labute approximate surface area is 93.9 Å². The van der Waals surface area contributed by atoms with Gasteiger partial charge in [-0.05, 0) is 30.7 Å². The highest BCUT2D eigenvalue weighted by atomic mass is 16.5. The van der Waals surface area contributed by atoms with Crippen LogP contribution in [0.5, 0.6) is 5.75 Å². The fourth-order valence-corrected chi connectivity index (χ4v) is 1.34. The Bertz CT molecular complexity index is 492. The third-order valence-electron chi connectivity index (χ3n) is 2.41. The summed E-state index contributed by atoms with van der Waals surface area (Å²) in [6.07, 6.45) is 1.51. The molecule has 0 saturated heterocycles. The predicted octanol–water partition coefficient (Wildman–Crippen LogP) is 1.28. The van der Waals surface area contributed by atoms with Crippen LogP contribution >= 0.6 is 0 Å². The second-order valence-corrected chi connectivity index (χ2v) is 3.61. The van der Waals surface area contributed by atoms with E-state index in [9.17, 15) is 0 Å². The zero-order chi connectivity index (χ0) is 11.5. The molecular weight excluding hydrogens is 204 g/mol. The largest absolute Gasteiger partial charge is 0.486 e. The van der Waals surface area contributed by atoms with Gasteiger partial charge in [0.05, 0.1) is 0 Å². The number of benzene rings is 1. The molecule has 1 aromatic heterocycles. The molecule has 5 heteroatoms. The van der Waals surface area contributed by atoms with Crippen LogP contribution in [0.25, 0.3) is 0 Å². The van der Waals surface area contributed by atoms with Crippen molar-refractivity contribution in [3.63, 3.8) is 0 Å². The molecule has 0 spiro atoms. The quantitative estimate of drug-likeness (QED) is 0.788. The Hall–Kier alpha value is -2.04. The molecule has 0 amide bonds. The Balaban J connectivity index is 2.05. The maximum absolute atomic E-state index is 5.72. The lowest BCUT2D eigenvalue weighted by molar-refractivity contribution is 0.289. The van der Waals surface area contributed by atoms with E-state index in [1.165, 1.54) is 6.33 Å². The minimum absolute atomic E-state index is 0.403. The summed E-state index contributed by atoms with van der Waals surface area (Å²) < 4.78 is 7.27. The highest BCUT2D eigenvalue weighted by Crippen LogP contribution is 2.19. The molecule has 0 fully saturated rings. The third-order valence-corrected chi connectivity index (χ3v) is 2.41. The molecule has 0 unspecified atom stereocenters. The number of anilines is 1. The van der Waals surface area contributed by atoms with Crippen LogP contribution in [0, 0.1) is 6.92 Å². The molecule has 0 radical (unpaired) electrons. The number of nitrogens with two attached hydrogens (primary N) is 1. The van der Waals surface area contributed by atoms with Crippen LogP contribution in [-0.4, -0.2) is 14.8 Å². The van der Waals surface area contributed by atoms with Gasteiger partial charge in [0.25, 0.3) is 0 Å². The number of aryl methyl sites for hydroxylation is 2. The average molecular weight is 218 g/mol. The molecule has 2 N–H and O–H groups in total. The molecule has 1 heterocycles. The van der Waals surface area contributed by atoms with E-state index in [1.54, 1.807) is 4.68 Å². The summed E-state index contributed by atoms with van der Waals surface area (Å²) in [7, 11) is 1.83. The van der Waals surface area contributed by atoms with Crippen LogP contribution in [0.15, 0.2) is 24.5 Å². The summed E-state index contributed by atoms with van der Waals surface area (Å²) in [5, 5.41) is 3.97. The van der Waals surface area contributed by atoms with Crippen molar-refractivity contribution in [3.8, 4) is 5.75 Å². The predicted molar refractivity (Wildman–Crippen MR) is 60.9 cm³/mol. The van der Waals surface area contributed by atoms with Gasteiger partial charge in [-0.25, -0.2) is 4.98 Å². The first-order chi connectivity index (χ1) is 7.66. The minimum atomic E-state index is 0.403. The van der Waals surface area contributed by atoms with Gasteiger partial charge in [0.1, 0.15) is 18.7 Å². The number of aromatic nitrogens is 3. The molecule has 84 valence electrons. The molecule has 0 aliphatic heterocycles. The van der Waals surface area contributed by atoms with Gasteiger partial charge in [0, 0.05) is 12.7 Å². The monoisotopic (exact) mass is 218 g/mol. The average Bonchev–Trinajstić information content (AvgIpc) is 2.66. The van der Waals surface area contributed by atoms with Gasteiger partial charge in [0.2, 0.25) is 0 Å². The molecule has 0 aliphatic rings. The molecule has 5 nitrogen and oxygen atoms in total. The summed E-state index contributed by atoms with van der Waals surface area (Å²) in [6, 6.07) is 5.59. The first kappa shape index (κ1) is 10.5. The topological polar surface area (TPSA) is 66.0 Å². The van der Waals surface area contributed by atoms with E-state index < -0.39 is 0 Å². The van der Waals surface area contributed by atoms with Crippen LogP contribution in [0.2, 0.25) is 0 Å². The number of hydrogen-bond acceptors (Lipinski definition) is 4. The molecule has 0 saturated carbocycles. The number of nitrogens with zero attached hydrogens (tertiary/aromatic N) is 3. The minimum Gasteiger partial charge on any atom is -0.486 e. The third kappa shape index (κ3) is 2.13. The SMILES string of the molecule is Cc1cc(OCc2ncnn2C)ccc1N. The molecule has 0 bridgehead atoms. The molecule has 1 aromatic carbocycles. The Morgan fingerprint density at radius 1 is 1.44 bits per heavy atom. The molecule has 2 aromatic rings. The molecule has 16 heavy (non-hydrogen) atoms. The second kappa shape index (κ2) is 4.22. The van der Waals surface area contributed by atoms with E-state index in [-0.39, 0.29) is 0 Å². The Morgan fingerprint density at radius 3 is 2.88 bits per heavy atom.